The van der Waals surface area contributed by atoms with E-state index in [1.165, 1.54) is 17.0 Å². The highest BCUT2D eigenvalue weighted by molar-refractivity contribution is 7.92. The van der Waals surface area contributed by atoms with E-state index in [1.807, 2.05) is 13.8 Å². The molecular formula is C29H33Cl2N3O4S. The van der Waals surface area contributed by atoms with E-state index in [0.29, 0.717) is 27.6 Å². The van der Waals surface area contributed by atoms with Crippen LogP contribution in [0.2, 0.25) is 10.0 Å². The standard InChI is InChI=1S/C29H33Cl2N3O4S/c1-5-20(2)32-29(36)22(4)33(18-23-12-9-10-15-26(23)31)28(35)19-34(27-17-11-16-25(30)21(27)3)39(37,38)24-13-7-6-8-14-24/h6-17,20,22H,5,18-19H2,1-4H3,(H,32,36). The van der Waals surface area contributed by atoms with Crippen molar-refractivity contribution < 1.29 is 18.0 Å². The number of nitrogens with one attached hydrogen (secondary N) is 1. The Bertz CT molecular complexity index is 1420. The molecule has 2 unspecified atom stereocenters. The van der Waals surface area contributed by atoms with Crippen molar-refractivity contribution in [1.82, 2.24) is 10.2 Å². The molecule has 0 spiro atoms. The molecule has 3 aromatic rings. The third kappa shape index (κ3) is 7.32. The summed E-state index contributed by atoms with van der Waals surface area (Å²) >= 11 is 12.7. The van der Waals surface area contributed by atoms with Gasteiger partial charge in [0.15, 0.2) is 0 Å². The van der Waals surface area contributed by atoms with E-state index in [2.05, 4.69) is 5.32 Å². The highest BCUT2D eigenvalue weighted by atomic mass is 35.5. The third-order valence-corrected chi connectivity index (χ3v) is 9.14. The van der Waals surface area contributed by atoms with Gasteiger partial charge in [-0.1, -0.05) is 72.6 Å². The molecule has 0 heterocycles. The summed E-state index contributed by atoms with van der Waals surface area (Å²) in [5.41, 5.74) is 1.41. The smallest absolute Gasteiger partial charge is 0.264 e. The number of rotatable bonds is 11. The summed E-state index contributed by atoms with van der Waals surface area (Å²) < 4.78 is 28.8. The first kappa shape index (κ1) is 30.5. The number of carbonyl (C=O) groups excluding carboxylic acids is 2. The molecule has 0 aliphatic heterocycles. The molecule has 7 nitrogen and oxygen atoms in total. The first-order chi connectivity index (χ1) is 18.5. The van der Waals surface area contributed by atoms with Gasteiger partial charge in [0.05, 0.1) is 10.6 Å². The van der Waals surface area contributed by atoms with E-state index in [0.717, 1.165) is 4.31 Å². The third-order valence-electron chi connectivity index (χ3n) is 6.58. The molecule has 2 amide bonds. The molecule has 0 aliphatic carbocycles. The SMILES string of the molecule is CCC(C)NC(=O)C(C)N(Cc1ccccc1Cl)C(=O)CN(c1cccc(Cl)c1C)S(=O)(=O)c1ccccc1. The first-order valence-electron chi connectivity index (χ1n) is 12.6. The van der Waals surface area contributed by atoms with E-state index < -0.39 is 28.5 Å². The van der Waals surface area contributed by atoms with Crippen molar-refractivity contribution >= 4 is 50.7 Å². The van der Waals surface area contributed by atoms with Gasteiger partial charge in [0, 0.05) is 22.6 Å². The van der Waals surface area contributed by atoms with E-state index in [4.69, 9.17) is 23.2 Å². The predicted octanol–water partition coefficient (Wildman–Crippen LogP) is 5.83. The molecule has 0 aromatic heterocycles. The summed E-state index contributed by atoms with van der Waals surface area (Å²) in [6.45, 7) is 6.60. The van der Waals surface area contributed by atoms with Crippen molar-refractivity contribution in [2.24, 2.45) is 0 Å². The number of amides is 2. The zero-order valence-corrected chi connectivity index (χ0v) is 24.7. The fourth-order valence-electron chi connectivity index (χ4n) is 3.96. The van der Waals surface area contributed by atoms with Gasteiger partial charge >= 0.3 is 0 Å². The number of benzene rings is 3. The van der Waals surface area contributed by atoms with Crippen molar-refractivity contribution in [1.29, 1.82) is 0 Å². The van der Waals surface area contributed by atoms with Crippen molar-refractivity contribution in [3.05, 3.63) is 94.0 Å². The molecular weight excluding hydrogens is 557 g/mol. The van der Waals surface area contributed by atoms with E-state index in [9.17, 15) is 18.0 Å². The van der Waals surface area contributed by atoms with Crippen LogP contribution in [-0.2, 0) is 26.2 Å². The summed E-state index contributed by atoms with van der Waals surface area (Å²) in [7, 11) is -4.17. The normalized spacial score (nSPS) is 12.9. The summed E-state index contributed by atoms with van der Waals surface area (Å²) in [6.07, 6.45) is 0.716. The monoisotopic (exact) mass is 589 g/mol. The van der Waals surface area contributed by atoms with Gasteiger partial charge in [-0.25, -0.2) is 8.42 Å². The van der Waals surface area contributed by atoms with Crippen LogP contribution in [0.1, 0.15) is 38.3 Å². The Morgan fingerprint density at radius 3 is 2.15 bits per heavy atom. The highest BCUT2D eigenvalue weighted by Gasteiger charge is 2.33. The molecule has 3 rings (SSSR count). The Labute approximate surface area is 240 Å². The van der Waals surface area contributed by atoms with Crippen molar-refractivity contribution in [2.75, 3.05) is 10.8 Å². The highest BCUT2D eigenvalue weighted by Crippen LogP contribution is 2.31. The van der Waals surface area contributed by atoms with E-state index >= 15 is 0 Å². The molecule has 0 bridgehead atoms. The second kappa shape index (κ2) is 13.3. The van der Waals surface area contributed by atoms with Gasteiger partial charge in [-0.15, -0.1) is 0 Å². The minimum atomic E-state index is -4.17. The topological polar surface area (TPSA) is 86.8 Å². The summed E-state index contributed by atoms with van der Waals surface area (Å²) in [4.78, 5) is 28.5. The molecule has 0 aliphatic rings. The van der Waals surface area contributed by atoms with Crippen LogP contribution in [0.4, 0.5) is 5.69 Å². The Morgan fingerprint density at radius 2 is 1.51 bits per heavy atom. The Kier molecular flexibility index (Phi) is 10.4. The van der Waals surface area contributed by atoms with Crippen LogP contribution >= 0.6 is 23.2 Å². The maximum atomic E-state index is 14.0. The lowest BCUT2D eigenvalue weighted by Gasteiger charge is -2.33. The van der Waals surface area contributed by atoms with Crippen LogP contribution in [0.15, 0.2) is 77.7 Å². The fraction of sp³-hybridized carbons (Fsp3) is 0.310. The maximum absolute atomic E-state index is 14.0. The zero-order chi connectivity index (χ0) is 28.7. The van der Waals surface area contributed by atoms with Gasteiger partial charge in [0.25, 0.3) is 10.0 Å². The van der Waals surface area contributed by atoms with Crippen LogP contribution in [0.5, 0.6) is 0 Å². The minimum absolute atomic E-state index is 0.0152. The number of sulfonamides is 1. The summed E-state index contributed by atoms with van der Waals surface area (Å²) in [6, 6.07) is 18.8. The van der Waals surface area contributed by atoms with Gasteiger partial charge in [0.1, 0.15) is 12.6 Å². The van der Waals surface area contributed by atoms with Gasteiger partial charge < -0.3 is 10.2 Å². The molecule has 3 aromatic carbocycles. The number of hydrogen-bond donors (Lipinski definition) is 1. The second-order valence-electron chi connectivity index (χ2n) is 9.32. The van der Waals surface area contributed by atoms with Gasteiger partial charge in [-0.05, 0) is 68.7 Å². The maximum Gasteiger partial charge on any atom is 0.264 e. The van der Waals surface area contributed by atoms with Crippen LogP contribution in [0.25, 0.3) is 0 Å². The number of halogens is 2. The van der Waals surface area contributed by atoms with Crippen molar-refractivity contribution in [3.63, 3.8) is 0 Å². The van der Waals surface area contributed by atoms with Crippen LogP contribution in [0, 0.1) is 6.92 Å². The van der Waals surface area contributed by atoms with Crippen molar-refractivity contribution in [2.45, 2.75) is 57.6 Å². The average molecular weight is 591 g/mol. The predicted molar refractivity (Wildman–Crippen MR) is 157 cm³/mol. The summed E-state index contributed by atoms with van der Waals surface area (Å²) in [5.74, 6) is -0.915. The Morgan fingerprint density at radius 1 is 0.897 bits per heavy atom. The lowest BCUT2D eigenvalue weighted by molar-refractivity contribution is -0.139. The molecule has 10 heteroatoms. The Hall–Kier alpha value is -3.07. The molecule has 0 saturated carbocycles. The molecule has 39 heavy (non-hydrogen) atoms. The quantitative estimate of drug-likeness (QED) is 0.305. The molecule has 0 fully saturated rings. The second-order valence-corrected chi connectivity index (χ2v) is 12.0. The lowest BCUT2D eigenvalue weighted by atomic mass is 10.1. The molecule has 0 saturated heterocycles. The largest absolute Gasteiger partial charge is 0.352 e. The number of anilines is 1. The van der Waals surface area contributed by atoms with E-state index in [1.54, 1.807) is 74.5 Å². The number of nitrogens with zero attached hydrogens (tertiary/aromatic N) is 2. The number of hydrogen-bond acceptors (Lipinski definition) is 4. The minimum Gasteiger partial charge on any atom is -0.352 e. The van der Waals surface area contributed by atoms with Gasteiger partial charge in [0.2, 0.25) is 11.8 Å². The van der Waals surface area contributed by atoms with Crippen LogP contribution in [0.3, 0.4) is 0 Å². The zero-order valence-electron chi connectivity index (χ0n) is 22.4. The van der Waals surface area contributed by atoms with Gasteiger partial charge in [-0.3, -0.25) is 13.9 Å². The number of carbonyl (C=O) groups is 2. The van der Waals surface area contributed by atoms with Crippen LogP contribution in [-0.4, -0.2) is 43.8 Å². The summed E-state index contributed by atoms with van der Waals surface area (Å²) in [5, 5.41) is 3.71. The van der Waals surface area contributed by atoms with Gasteiger partial charge in [-0.2, -0.15) is 0 Å². The average Bonchev–Trinajstić information content (AvgIpc) is 2.92. The molecule has 1 N–H and O–H groups in total. The fourth-order valence-corrected chi connectivity index (χ4v) is 5.82. The Balaban J connectivity index is 2.07. The first-order valence-corrected chi connectivity index (χ1v) is 14.8. The molecule has 2 atom stereocenters. The van der Waals surface area contributed by atoms with Crippen molar-refractivity contribution in [3.8, 4) is 0 Å². The molecule has 0 radical (unpaired) electrons. The van der Waals surface area contributed by atoms with Crippen LogP contribution < -0.4 is 9.62 Å². The lowest BCUT2D eigenvalue weighted by Crippen LogP contribution is -2.52. The molecule has 208 valence electrons. The van der Waals surface area contributed by atoms with E-state index in [-0.39, 0.29) is 29.1 Å².